The fourth-order valence-electron chi connectivity index (χ4n) is 2.86. The van der Waals surface area contributed by atoms with E-state index in [1.165, 1.54) is 11.6 Å². The van der Waals surface area contributed by atoms with Gasteiger partial charge in [-0.1, -0.05) is 42.8 Å². The molecule has 0 radical (unpaired) electrons. The molecular formula is C22H22ClNO4. The van der Waals surface area contributed by atoms with E-state index in [0.29, 0.717) is 17.3 Å². The summed E-state index contributed by atoms with van der Waals surface area (Å²) in [5.74, 6) is -2.21. The number of esters is 1. The Bertz CT molecular complexity index is 901. The van der Waals surface area contributed by atoms with Crippen LogP contribution in [0.1, 0.15) is 31.9 Å². The second-order valence-electron chi connectivity index (χ2n) is 6.97. The molecule has 1 aliphatic heterocycles. The second kappa shape index (κ2) is 8.07. The number of halogens is 1. The van der Waals surface area contributed by atoms with Crippen LogP contribution in [0.2, 0.25) is 5.02 Å². The molecule has 0 unspecified atom stereocenters. The number of aryl methyl sites for hydroxylation is 1. The molecule has 5 nitrogen and oxygen atoms in total. The largest absolute Gasteiger partial charge is 0.445 e. The van der Waals surface area contributed by atoms with Crippen LogP contribution in [0.3, 0.4) is 0 Å². The van der Waals surface area contributed by atoms with Crippen LogP contribution in [0, 0.1) is 0 Å². The van der Waals surface area contributed by atoms with E-state index < -0.39 is 11.8 Å². The third kappa shape index (κ3) is 4.73. The number of benzene rings is 2. The lowest BCUT2D eigenvalue weighted by Gasteiger charge is -2.22. The van der Waals surface area contributed by atoms with Gasteiger partial charge < -0.3 is 14.4 Å². The molecule has 1 fully saturated rings. The number of carbonyl (C=O) groups excluding carboxylic acids is 2. The third-order valence-electron chi connectivity index (χ3n) is 4.33. The number of cyclic esters (lactones) is 1. The highest BCUT2D eigenvalue weighted by atomic mass is 35.5. The summed E-state index contributed by atoms with van der Waals surface area (Å²) >= 11 is 5.98. The first-order chi connectivity index (χ1) is 13.3. The van der Waals surface area contributed by atoms with Crippen LogP contribution in [0.15, 0.2) is 60.4 Å². The van der Waals surface area contributed by atoms with E-state index in [2.05, 4.69) is 6.92 Å². The monoisotopic (exact) mass is 399 g/mol. The summed E-state index contributed by atoms with van der Waals surface area (Å²) in [6.07, 6.45) is 2.12. The van der Waals surface area contributed by atoms with Crippen molar-refractivity contribution < 1.29 is 19.1 Å². The van der Waals surface area contributed by atoms with E-state index in [1.807, 2.05) is 24.3 Å². The number of nitrogens with zero attached hydrogens (tertiary/aromatic N) is 1. The van der Waals surface area contributed by atoms with Crippen LogP contribution in [0.25, 0.3) is 0 Å². The van der Waals surface area contributed by atoms with Crippen LogP contribution in [0.5, 0.6) is 0 Å². The minimum atomic E-state index is -1.08. The van der Waals surface area contributed by atoms with Gasteiger partial charge in [0.25, 0.3) is 5.91 Å². The summed E-state index contributed by atoms with van der Waals surface area (Å²) in [5.41, 5.74) is 2.85. The van der Waals surface area contributed by atoms with Gasteiger partial charge in [0.2, 0.25) is 11.5 Å². The summed E-state index contributed by atoms with van der Waals surface area (Å²) in [6, 6.07) is 15.0. The molecular weight excluding hydrogens is 378 g/mol. The summed E-state index contributed by atoms with van der Waals surface area (Å²) < 4.78 is 10.5. The van der Waals surface area contributed by atoms with Crippen molar-refractivity contribution in [3.63, 3.8) is 0 Å². The maximum Gasteiger partial charge on any atom is 0.377 e. The molecule has 0 spiro atoms. The lowest BCUT2D eigenvalue weighted by molar-refractivity contribution is -0.159. The van der Waals surface area contributed by atoms with Crippen LogP contribution >= 0.6 is 11.6 Å². The Hall–Kier alpha value is -2.79. The van der Waals surface area contributed by atoms with Gasteiger partial charge in [0.05, 0.1) is 12.6 Å². The van der Waals surface area contributed by atoms with Crippen LogP contribution < -0.4 is 4.90 Å². The maximum absolute atomic E-state index is 13.0. The van der Waals surface area contributed by atoms with Gasteiger partial charge in [0.1, 0.15) is 0 Å². The molecule has 3 rings (SSSR count). The van der Waals surface area contributed by atoms with Crippen molar-refractivity contribution in [2.24, 2.45) is 0 Å². The highest BCUT2D eigenvalue weighted by Crippen LogP contribution is 2.27. The van der Waals surface area contributed by atoms with E-state index in [4.69, 9.17) is 21.1 Å². The van der Waals surface area contributed by atoms with Gasteiger partial charge in [-0.2, -0.15) is 0 Å². The number of carbonyl (C=O) groups is 2. The van der Waals surface area contributed by atoms with E-state index in [0.717, 1.165) is 12.0 Å². The first-order valence-corrected chi connectivity index (χ1v) is 9.44. The number of ether oxygens (including phenoxy) is 2. The minimum absolute atomic E-state index is 0.102. The molecule has 28 heavy (non-hydrogen) atoms. The zero-order valence-electron chi connectivity index (χ0n) is 16.1. The van der Waals surface area contributed by atoms with Crippen LogP contribution in [-0.2, 0) is 32.0 Å². The van der Waals surface area contributed by atoms with Gasteiger partial charge in [-0.05, 0) is 41.8 Å². The maximum atomic E-state index is 13.0. The molecule has 6 heteroatoms. The zero-order chi connectivity index (χ0) is 20.3. The van der Waals surface area contributed by atoms with E-state index in [-0.39, 0.29) is 11.7 Å². The SMILES string of the molecule is CCc1ccc(CN(C(=O)/C=C2\OC(C)(C)OC2=O)c2ccc(Cl)cc2)cc1. The predicted octanol–water partition coefficient (Wildman–Crippen LogP) is 4.63. The zero-order valence-corrected chi connectivity index (χ0v) is 16.8. The molecule has 0 atom stereocenters. The van der Waals surface area contributed by atoms with Gasteiger partial charge in [-0.25, -0.2) is 4.79 Å². The van der Waals surface area contributed by atoms with Crippen LogP contribution in [0.4, 0.5) is 5.69 Å². The predicted molar refractivity (Wildman–Crippen MR) is 108 cm³/mol. The fraction of sp³-hybridized carbons (Fsp3) is 0.273. The smallest absolute Gasteiger partial charge is 0.377 e. The summed E-state index contributed by atoms with van der Waals surface area (Å²) in [7, 11) is 0. The average Bonchev–Trinajstić information content (AvgIpc) is 2.92. The van der Waals surface area contributed by atoms with Gasteiger partial charge in [0, 0.05) is 24.6 Å². The Balaban J connectivity index is 1.90. The molecule has 146 valence electrons. The third-order valence-corrected chi connectivity index (χ3v) is 4.58. The van der Waals surface area contributed by atoms with E-state index in [9.17, 15) is 9.59 Å². The van der Waals surface area contributed by atoms with Gasteiger partial charge in [-0.3, -0.25) is 4.79 Å². The summed E-state index contributed by atoms with van der Waals surface area (Å²) in [5, 5.41) is 0.575. The molecule has 1 aliphatic rings. The Kier molecular flexibility index (Phi) is 5.75. The first-order valence-electron chi connectivity index (χ1n) is 9.06. The Labute approximate surface area is 169 Å². The topological polar surface area (TPSA) is 55.8 Å². The van der Waals surface area contributed by atoms with Crippen molar-refractivity contribution in [2.45, 2.75) is 39.5 Å². The normalized spacial score (nSPS) is 16.6. The quantitative estimate of drug-likeness (QED) is 0.543. The molecule has 1 saturated heterocycles. The summed E-state index contributed by atoms with van der Waals surface area (Å²) in [4.78, 5) is 26.5. The molecule has 0 aliphatic carbocycles. The highest BCUT2D eigenvalue weighted by molar-refractivity contribution is 6.30. The number of rotatable bonds is 5. The second-order valence-corrected chi connectivity index (χ2v) is 7.41. The average molecular weight is 400 g/mol. The lowest BCUT2D eigenvalue weighted by atomic mass is 10.1. The standard InChI is InChI=1S/C22H22ClNO4/c1-4-15-5-7-16(8-6-15)14-24(18-11-9-17(23)10-12-18)20(25)13-19-21(26)28-22(2,3)27-19/h5-13H,4,14H2,1-3H3/b19-13-. The van der Waals surface area contributed by atoms with Gasteiger partial charge in [-0.15, -0.1) is 0 Å². The molecule has 0 aromatic heterocycles. The summed E-state index contributed by atoms with van der Waals surface area (Å²) in [6.45, 7) is 5.66. The molecule has 2 aromatic carbocycles. The molecule has 0 saturated carbocycles. The van der Waals surface area contributed by atoms with Crippen molar-refractivity contribution >= 4 is 29.2 Å². The minimum Gasteiger partial charge on any atom is -0.445 e. The van der Waals surface area contributed by atoms with Crippen molar-refractivity contribution in [3.05, 3.63) is 76.5 Å². The van der Waals surface area contributed by atoms with Gasteiger partial charge >= 0.3 is 5.97 Å². The molecule has 0 N–H and O–H groups in total. The number of hydrogen-bond acceptors (Lipinski definition) is 4. The highest BCUT2D eigenvalue weighted by Gasteiger charge is 2.38. The number of hydrogen-bond donors (Lipinski definition) is 0. The van der Waals surface area contributed by atoms with Crippen molar-refractivity contribution in [2.75, 3.05) is 4.90 Å². The van der Waals surface area contributed by atoms with E-state index >= 15 is 0 Å². The first kappa shape index (κ1) is 20.0. The van der Waals surface area contributed by atoms with Crippen molar-refractivity contribution in [1.29, 1.82) is 0 Å². The molecule has 2 aromatic rings. The molecule has 1 heterocycles. The number of anilines is 1. The van der Waals surface area contributed by atoms with Crippen LogP contribution in [-0.4, -0.2) is 17.7 Å². The van der Waals surface area contributed by atoms with E-state index in [1.54, 1.807) is 43.0 Å². The molecule has 1 amide bonds. The number of amides is 1. The van der Waals surface area contributed by atoms with Crippen molar-refractivity contribution in [1.82, 2.24) is 0 Å². The Morgan fingerprint density at radius 2 is 1.64 bits per heavy atom. The Morgan fingerprint density at radius 1 is 1.04 bits per heavy atom. The fourth-order valence-corrected chi connectivity index (χ4v) is 2.99. The molecule has 0 bridgehead atoms. The van der Waals surface area contributed by atoms with Crippen molar-refractivity contribution in [3.8, 4) is 0 Å². The Morgan fingerprint density at radius 3 is 2.18 bits per heavy atom. The van der Waals surface area contributed by atoms with Gasteiger partial charge in [0.15, 0.2) is 0 Å². The lowest BCUT2D eigenvalue weighted by Crippen LogP contribution is -2.29.